The van der Waals surface area contributed by atoms with E-state index in [1.54, 1.807) is 26.4 Å². The Kier molecular flexibility index (Phi) is 6.02. The van der Waals surface area contributed by atoms with Crippen LogP contribution in [0.2, 0.25) is 0 Å². The maximum atomic E-state index is 12.5. The number of piperidine rings is 1. The van der Waals surface area contributed by atoms with E-state index in [-0.39, 0.29) is 6.03 Å². The lowest BCUT2D eigenvalue weighted by Crippen LogP contribution is -2.43. The molecule has 25 heavy (non-hydrogen) atoms. The van der Waals surface area contributed by atoms with Gasteiger partial charge in [0.25, 0.3) is 0 Å². The molecule has 6 heteroatoms. The third kappa shape index (κ3) is 4.57. The summed E-state index contributed by atoms with van der Waals surface area (Å²) in [6, 6.07) is 5.39. The second-order valence-electron chi connectivity index (χ2n) is 6.94. The van der Waals surface area contributed by atoms with Crippen molar-refractivity contribution in [3.63, 3.8) is 0 Å². The van der Waals surface area contributed by atoms with E-state index in [0.29, 0.717) is 11.5 Å². The summed E-state index contributed by atoms with van der Waals surface area (Å²) in [4.78, 5) is 17.0. The number of carbonyl (C=O) groups excluding carboxylic acids is 1. The molecule has 2 aliphatic rings. The number of nitrogens with zero attached hydrogens (tertiary/aromatic N) is 2. The summed E-state index contributed by atoms with van der Waals surface area (Å²) in [5, 5.41) is 2.97. The SMILES string of the molecule is COc1ccc(NC(=O)N2CCC(CN3CCCC3)CC2)cc1OC. The number of anilines is 1. The summed E-state index contributed by atoms with van der Waals surface area (Å²) in [7, 11) is 3.19. The molecule has 2 heterocycles. The van der Waals surface area contributed by atoms with Gasteiger partial charge in [-0.2, -0.15) is 0 Å². The Morgan fingerprint density at radius 1 is 1.08 bits per heavy atom. The first kappa shape index (κ1) is 17.9. The van der Waals surface area contributed by atoms with Gasteiger partial charge in [0.15, 0.2) is 11.5 Å². The molecule has 0 atom stereocenters. The lowest BCUT2D eigenvalue weighted by atomic mass is 9.96. The average molecular weight is 347 g/mol. The van der Waals surface area contributed by atoms with Crippen LogP contribution in [0.3, 0.4) is 0 Å². The van der Waals surface area contributed by atoms with Crippen molar-refractivity contribution in [3.05, 3.63) is 18.2 Å². The molecule has 1 aromatic carbocycles. The van der Waals surface area contributed by atoms with E-state index in [1.165, 1.54) is 32.5 Å². The average Bonchev–Trinajstić information content (AvgIpc) is 3.15. The normalized spacial score (nSPS) is 19.0. The Balaban J connectivity index is 1.49. The number of amides is 2. The number of likely N-dealkylation sites (tertiary alicyclic amines) is 2. The fourth-order valence-electron chi connectivity index (χ4n) is 3.77. The molecule has 3 rings (SSSR count). The summed E-state index contributed by atoms with van der Waals surface area (Å²) in [5.74, 6) is 2.00. The molecule has 2 fully saturated rings. The number of rotatable bonds is 5. The first-order valence-electron chi connectivity index (χ1n) is 9.20. The summed E-state index contributed by atoms with van der Waals surface area (Å²) >= 11 is 0. The van der Waals surface area contributed by atoms with Crippen LogP contribution in [0.1, 0.15) is 25.7 Å². The van der Waals surface area contributed by atoms with Crippen molar-refractivity contribution >= 4 is 11.7 Å². The molecule has 0 spiro atoms. The number of benzene rings is 1. The van der Waals surface area contributed by atoms with Crippen LogP contribution in [0.5, 0.6) is 11.5 Å². The van der Waals surface area contributed by atoms with E-state index < -0.39 is 0 Å². The van der Waals surface area contributed by atoms with Crippen molar-refractivity contribution in [2.45, 2.75) is 25.7 Å². The summed E-state index contributed by atoms with van der Waals surface area (Å²) < 4.78 is 10.5. The van der Waals surface area contributed by atoms with E-state index in [9.17, 15) is 4.79 Å². The molecular formula is C19H29N3O3. The number of urea groups is 1. The fourth-order valence-corrected chi connectivity index (χ4v) is 3.77. The van der Waals surface area contributed by atoms with Crippen LogP contribution in [-0.4, -0.2) is 62.8 Å². The van der Waals surface area contributed by atoms with Gasteiger partial charge >= 0.3 is 6.03 Å². The molecule has 0 aromatic heterocycles. The maximum Gasteiger partial charge on any atom is 0.321 e. The Bertz CT molecular complexity index is 579. The van der Waals surface area contributed by atoms with E-state index in [4.69, 9.17) is 9.47 Å². The predicted molar refractivity (Wildman–Crippen MR) is 98.5 cm³/mol. The van der Waals surface area contributed by atoms with Gasteiger partial charge in [-0.25, -0.2) is 4.79 Å². The number of methoxy groups -OCH3 is 2. The Morgan fingerprint density at radius 3 is 2.40 bits per heavy atom. The highest BCUT2D eigenvalue weighted by Crippen LogP contribution is 2.30. The quantitative estimate of drug-likeness (QED) is 0.889. The fraction of sp³-hybridized carbons (Fsp3) is 0.632. The van der Waals surface area contributed by atoms with Crippen molar-refractivity contribution in [3.8, 4) is 11.5 Å². The molecule has 2 amide bonds. The third-order valence-electron chi connectivity index (χ3n) is 5.25. The number of carbonyl (C=O) groups is 1. The van der Waals surface area contributed by atoms with Crippen molar-refractivity contribution in [2.24, 2.45) is 5.92 Å². The van der Waals surface area contributed by atoms with Gasteiger partial charge in [0.1, 0.15) is 0 Å². The molecule has 1 aromatic rings. The number of hydrogen-bond acceptors (Lipinski definition) is 4. The zero-order valence-electron chi connectivity index (χ0n) is 15.3. The number of hydrogen-bond donors (Lipinski definition) is 1. The standard InChI is InChI=1S/C19H29N3O3/c1-24-17-6-5-16(13-18(17)25-2)20-19(23)22-11-7-15(8-12-22)14-21-9-3-4-10-21/h5-6,13,15H,3-4,7-12,14H2,1-2H3,(H,20,23). The lowest BCUT2D eigenvalue weighted by molar-refractivity contribution is 0.163. The van der Waals surface area contributed by atoms with Gasteiger partial charge in [0, 0.05) is 31.4 Å². The maximum absolute atomic E-state index is 12.5. The minimum Gasteiger partial charge on any atom is -0.493 e. The molecule has 0 unspecified atom stereocenters. The number of ether oxygens (including phenoxy) is 2. The van der Waals surface area contributed by atoms with E-state index in [2.05, 4.69) is 10.2 Å². The van der Waals surface area contributed by atoms with Crippen molar-refractivity contribution < 1.29 is 14.3 Å². The minimum atomic E-state index is -0.0353. The number of nitrogens with one attached hydrogen (secondary N) is 1. The third-order valence-corrected chi connectivity index (χ3v) is 5.25. The smallest absolute Gasteiger partial charge is 0.321 e. The first-order valence-corrected chi connectivity index (χ1v) is 9.20. The molecule has 0 saturated carbocycles. The van der Waals surface area contributed by atoms with Gasteiger partial charge in [-0.15, -0.1) is 0 Å². The van der Waals surface area contributed by atoms with Crippen LogP contribution in [0.25, 0.3) is 0 Å². The lowest BCUT2D eigenvalue weighted by Gasteiger charge is -2.33. The Labute approximate surface area is 150 Å². The highest BCUT2D eigenvalue weighted by atomic mass is 16.5. The molecule has 2 aliphatic heterocycles. The Morgan fingerprint density at radius 2 is 1.76 bits per heavy atom. The van der Waals surface area contributed by atoms with Gasteiger partial charge in [-0.05, 0) is 56.8 Å². The van der Waals surface area contributed by atoms with Gasteiger partial charge in [-0.1, -0.05) is 0 Å². The second-order valence-corrected chi connectivity index (χ2v) is 6.94. The molecule has 0 aliphatic carbocycles. The van der Waals surface area contributed by atoms with Crippen molar-refractivity contribution in [2.75, 3.05) is 52.3 Å². The molecule has 6 nitrogen and oxygen atoms in total. The monoisotopic (exact) mass is 347 g/mol. The summed E-state index contributed by atoms with van der Waals surface area (Å²) in [6.07, 6.45) is 4.87. The van der Waals surface area contributed by atoms with Crippen LogP contribution in [-0.2, 0) is 0 Å². The van der Waals surface area contributed by atoms with Gasteiger partial charge in [-0.3, -0.25) is 0 Å². The molecule has 0 radical (unpaired) electrons. The van der Waals surface area contributed by atoms with Gasteiger partial charge in [0.2, 0.25) is 0 Å². The predicted octanol–water partition coefficient (Wildman–Crippen LogP) is 3.04. The van der Waals surface area contributed by atoms with Crippen LogP contribution >= 0.6 is 0 Å². The summed E-state index contributed by atoms with van der Waals surface area (Å²) in [5.41, 5.74) is 0.724. The highest BCUT2D eigenvalue weighted by Gasteiger charge is 2.25. The van der Waals surface area contributed by atoms with Crippen LogP contribution < -0.4 is 14.8 Å². The second kappa shape index (κ2) is 8.43. The first-order chi connectivity index (χ1) is 12.2. The molecule has 2 saturated heterocycles. The Hall–Kier alpha value is -1.95. The van der Waals surface area contributed by atoms with Crippen LogP contribution in [0.4, 0.5) is 10.5 Å². The zero-order valence-corrected chi connectivity index (χ0v) is 15.3. The summed E-state index contributed by atoms with van der Waals surface area (Å²) in [6.45, 7) is 5.36. The minimum absolute atomic E-state index is 0.0353. The topological polar surface area (TPSA) is 54.0 Å². The van der Waals surface area contributed by atoms with Crippen LogP contribution in [0.15, 0.2) is 18.2 Å². The highest BCUT2D eigenvalue weighted by molar-refractivity contribution is 5.89. The van der Waals surface area contributed by atoms with E-state index in [0.717, 1.165) is 37.5 Å². The van der Waals surface area contributed by atoms with Crippen LogP contribution in [0, 0.1) is 5.92 Å². The van der Waals surface area contributed by atoms with Crippen molar-refractivity contribution in [1.29, 1.82) is 0 Å². The van der Waals surface area contributed by atoms with Gasteiger partial charge in [0.05, 0.1) is 14.2 Å². The zero-order chi connectivity index (χ0) is 17.6. The van der Waals surface area contributed by atoms with Crippen molar-refractivity contribution in [1.82, 2.24) is 9.80 Å². The molecule has 138 valence electrons. The molecule has 0 bridgehead atoms. The largest absolute Gasteiger partial charge is 0.493 e. The molecular weight excluding hydrogens is 318 g/mol. The molecule has 1 N–H and O–H groups in total. The van der Waals surface area contributed by atoms with E-state index >= 15 is 0 Å². The van der Waals surface area contributed by atoms with Gasteiger partial charge < -0.3 is 24.6 Å². The van der Waals surface area contributed by atoms with E-state index in [1.807, 2.05) is 11.0 Å².